The average molecular weight is 810 g/mol. The Morgan fingerprint density at radius 2 is 0.935 bits per heavy atom. The summed E-state index contributed by atoms with van der Waals surface area (Å²) in [6.45, 7) is 0. The molecule has 0 amide bonds. The van der Waals surface area contributed by atoms with Gasteiger partial charge in [-0.15, -0.1) is 11.3 Å². The first-order chi connectivity index (χ1) is 30.7. The second-order valence-corrected chi connectivity index (χ2v) is 17.1. The molecule has 288 valence electrons. The standard InChI is InChI=1S/C55H31N5OS/c1-2-14-33-30-47-41(27-32(33)13-1)38-17-5-8-20-44(38)59(47)48-31-35(29-43-39-18-6-11-23-49(39)61-52(43)48)54-56-53(34-25-26-51-42(28-34)40-19-7-12-24-50(40)62-51)57-55(58-54)60-45-21-9-3-15-36(45)37-16-4-10-22-46(37)60/h1-31H. The van der Waals surface area contributed by atoms with Crippen LogP contribution in [0.3, 0.4) is 0 Å². The third-order valence-electron chi connectivity index (χ3n) is 12.5. The van der Waals surface area contributed by atoms with Gasteiger partial charge in [-0.25, -0.2) is 4.98 Å². The van der Waals surface area contributed by atoms with Gasteiger partial charge in [0, 0.05) is 63.6 Å². The van der Waals surface area contributed by atoms with E-state index in [4.69, 9.17) is 19.4 Å². The van der Waals surface area contributed by atoms with Crippen molar-refractivity contribution < 1.29 is 4.42 Å². The lowest BCUT2D eigenvalue weighted by Crippen LogP contribution is -2.06. The Labute approximate surface area is 357 Å². The maximum absolute atomic E-state index is 6.85. The van der Waals surface area contributed by atoms with E-state index in [9.17, 15) is 0 Å². The van der Waals surface area contributed by atoms with Crippen molar-refractivity contribution in [3.05, 3.63) is 188 Å². The highest BCUT2D eigenvalue weighted by Crippen LogP contribution is 2.42. The molecule has 0 N–H and O–H groups in total. The number of fused-ring (bicyclic) bond motifs is 13. The normalized spacial score (nSPS) is 12.2. The first-order valence-electron chi connectivity index (χ1n) is 20.8. The van der Waals surface area contributed by atoms with E-state index >= 15 is 0 Å². The number of hydrogen-bond acceptors (Lipinski definition) is 5. The van der Waals surface area contributed by atoms with Gasteiger partial charge < -0.3 is 8.98 Å². The fourth-order valence-electron chi connectivity index (χ4n) is 9.74. The van der Waals surface area contributed by atoms with Gasteiger partial charge in [0.2, 0.25) is 5.95 Å². The van der Waals surface area contributed by atoms with Gasteiger partial charge in [0.1, 0.15) is 5.58 Å². The van der Waals surface area contributed by atoms with E-state index in [-0.39, 0.29) is 0 Å². The maximum Gasteiger partial charge on any atom is 0.238 e. The lowest BCUT2D eigenvalue weighted by atomic mass is 10.1. The molecule has 0 aliphatic heterocycles. The second-order valence-electron chi connectivity index (χ2n) is 16.0. The van der Waals surface area contributed by atoms with Gasteiger partial charge >= 0.3 is 0 Å². The summed E-state index contributed by atoms with van der Waals surface area (Å²) >= 11 is 1.81. The number of thiophene rings is 1. The molecule has 9 aromatic carbocycles. The molecule has 0 bridgehead atoms. The quantitative estimate of drug-likeness (QED) is 0.178. The van der Waals surface area contributed by atoms with Crippen LogP contribution in [0.2, 0.25) is 0 Å². The molecule has 0 unspecified atom stereocenters. The van der Waals surface area contributed by atoms with Crippen molar-refractivity contribution in [2.45, 2.75) is 0 Å². The van der Waals surface area contributed by atoms with Gasteiger partial charge in [-0.2, -0.15) is 9.97 Å². The van der Waals surface area contributed by atoms with Gasteiger partial charge in [0.15, 0.2) is 17.2 Å². The van der Waals surface area contributed by atoms with Crippen molar-refractivity contribution in [3.8, 4) is 34.4 Å². The van der Waals surface area contributed by atoms with E-state index < -0.39 is 0 Å². The Morgan fingerprint density at radius 1 is 0.371 bits per heavy atom. The predicted molar refractivity (Wildman–Crippen MR) is 257 cm³/mol. The minimum Gasteiger partial charge on any atom is -0.454 e. The molecule has 0 radical (unpaired) electrons. The predicted octanol–water partition coefficient (Wildman–Crippen LogP) is 14.8. The maximum atomic E-state index is 6.85. The summed E-state index contributed by atoms with van der Waals surface area (Å²) in [4.78, 5) is 16.2. The third-order valence-corrected chi connectivity index (χ3v) is 13.7. The van der Waals surface area contributed by atoms with Crippen LogP contribution in [-0.4, -0.2) is 24.1 Å². The van der Waals surface area contributed by atoms with Crippen molar-refractivity contribution in [1.29, 1.82) is 0 Å². The number of para-hydroxylation sites is 4. The first kappa shape index (κ1) is 33.7. The fraction of sp³-hybridized carbons (Fsp3) is 0. The molecule has 5 heterocycles. The molecule has 0 saturated heterocycles. The van der Waals surface area contributed by atoms with Gasteiger partial charge in [0.25, 0.3) is 0 Å². The largest absolute Gasteiger partial charge is 0.454 e. The molecule has 0 atom stereocenters. The summed E-state index contributed by atoms with van der Waals surface area (Å²) in [6, 6.07) is 66.7. The molecule has 0 saturated carbocycles. The van der Waals surface area contributed by atoms with E-state index in [2.05, 4.69) is 185 Å². The SMILES string of the molecule is c1ccc2cc3c(cc2c1)c1ccccc1n3-c1cc(-c2nc(-c3ccc4sc5ccccc5c4c3)nc(-n3c4ccccc4c4ccccc43)n2)cc2c1oc1ccccc12. The molecule has 6 nitrogen and oxygen atoms in total. The number of hydrogen-bond donors (Lipinski definition) is 0. The van der Waals surface area contributed by atoms with Crippen LogP contribution in [0, 0.1) is 0 Å². The summed E-state index contributed by atoms with van der Waals surface area (Å²) in [6.07, 6.45) is 0. The van der Waals surface area contributed by atoms with Gasteiger partial charge in [-0.05, 0) is 83.6 Å². The van der Waals surface area contributed by atoms with E-state index in [1.54, 1.807) is 11.3 Å². The highest BCUT2D eigenvalue weighted by Gasteiger charge is 2.23. The summed E-state index contributed by atoms with van der Waals surface area (Å²) < 4.78 is 13.9. The molecule has 0 aliphatic rings. The minimum absolute atomic E-state index is 0.555. The van der Waals surface area contributed by atoms with Crippen molar-refractivity contribution in [3.63, 3.8) is 0 Å². The first-order valence-corrected chi connectivity index (χ1v) is 21.6. The third kappa shape index (κ3) is 4.82. The lowest BCUT2D eigenvalue weighted by molar-refractivity contribution is 0.666. The molecule has 0 spiro atoms. The van der Waals surface area contributed by atoms with Gasteiger partial charge in [-0.3, -0.25) is 4.57 Å². The van der Waals surface area contributed by atoms with Crippen LogP contribution in [0.1, 0.15) is 0 Å². The number of furan rings is 1. The van der Waals surface area contributed by atoms with Crippen LogP contribution in [0.4, 0.5) is 0 Å². The molecule has 62 heavy (non-hydrogen) atoms. The molecule has 0 aliphatic carbocycles. The van der Waals surface area contributed by atoms with Gasteiger partial charge in [0.05, 0.1) is 27.8 Å². The van der Waals surface area contributed by atoms with Crippen LogP contribution in [0.15, 0.2) is 192 Å². The zero-order chi connectivity index (χ0) is 40.5. The van der Waals surface area contributed by atoms with Crippen molar-refractivity contribution in [2.75, 3.05) is 0 Å². The zero-order valence-corrected chi connectivity index (χ0v) is 33.8. The lowest BCUT2D eigenvalue weighted by Gasteiger charge is -2.13. The highest BCUT2D eigenvalue weighted by molar-refractivity contribution is 7.25. The minimum atomic E-state index is 0.555. The van der Waals surface area contributed by atoms with Crippen LogP contribution in [0.5, 0.6) is 0 Å². The highest BCUT2D eigenvalue weighted by atomic mass is 32.1. The molecular formula is C55H31N5OS. The number of benzene rings is 9. The Kier molecular flexibility index (Phi) is 6.89. The molecule has 5 aromatic heterocycles. The van der Waals surface area contributed by atoms with Crippen molar-refractivity contribution in [1.82, 2.24) is 24.1 Å². The number of rotatable bonds is 4. The summed E-state index contributed by atoms with van der Waals surface area (Å²) in [5.41, 5.74) is 8.59. The molecular weight excluding hydrogens is 779 g/mol. The van der Waals surface area contributed by atoms with Crippen LogP contribution < -0.4 is 0 Å². The Balaban J connectivity index is 1.10. The smallest absolute Gasteiger partial charge is 0.238 e. The summed E-state index contributed by atoms with van der Waals surface area (Å²) in [5.74, 6) is 1.73. The molecule has 14 aromatic rings. The average Bonchev–Trinajstić information content (AvgIpc) is 4.08. The summed E-state index contributed by atoms with van der Waals surface area (Å²) in [5, 5.41) is 11.5. The van der Waals surface area contributed by atoms with E-state index in [1.807, 2.05) is 12.1 Å². The van der Waals surface area contributed by atoms with Crippen molar-refractivity contribution >= 4 is 108 Å². The molecule has 0 fully saturated rings. The van der Waals surface area contributed by atoms with Crippen LogP contribution in [0.25, 0.3) is 131 Å². The Bertz CT molecular complexity index is 4130. The number of aromatic nitrogens is 5. The molecule has 14 rings (SSSR count). The number of nitrogens with zero attached hydrogens (tertiary/aromatic N) is 5. The van der Waals surface area contributed by atoms with E-state index in [0.29, 0.717) is 17.6 Å². The van der Waals surface area contributed by atoms with E-state index in [1.165, 1.54) is 41.7 Å². The fourth-order valence-corrected chi connectivity index (χ4v) is 10.8. The monoisotopic (exact) mass is 809 g/mol. The van der Waals surface area contributed by atoms with Crippen molar-refractivity contribution in [2.24, 2.45) is 0 Å². The Morgan fingerprint density at radius 3 is 1.69 bits per heavy atom. The topological polar surface area (TPSA) is 61.7 Å². The van der Waals surface area contributed by atoms with E-state index in [0.717, 1.165) is 71.6 Å². The molecule has 7 heteroatoms. The zero-order valence-electron chi connectivity index (χ0n) is 33.0. The van der Waals surface area contributed by atoms with Crippen LogP contribution in [-0.2, 0) is 0 Å². The second kappa shape index (κ2) is 12.7. The van der Waals surface area contributed by atoms with Gasteiger partial charge in [-0.1, -0.05) is 115 Å². The van der Waals surface area contributed by atoms with Crippen LogP contribution >= 0.6 is 11.3 Å². The Hall–Kier alpha value is -8.13. The summed E-state index contributed by atoms with van der Waals surface area (Å²) in [7, 11) is 0.